The molecule has 0 fully saturated rings. The zero-order valence-corrected chi connectivity index (χ0v) is 18.7. The van der Waals surface area contributed by atoms with Gasteiger partial charge < -0.3 is 16.0 Å². The van der Waals surface area contributed by atoms with Gasteiger partial charge in [0.2, 0.25) is 0 Å². The number of nitrogens with zero attached hydrogens (tertiary/aromatic N) is 2. The molecule has 1 aliphatic rings. The van der Waals surface area contributed by atoms with Gasteiger partial charge in [0.25, 0.3) is 11.5 Å². The van der Waals surface area contributed by atoms with Crippen molar-refractivity contribution in [2.75, 3.05) is 6.54 Å². The van der Waals surface area contributed by atoms with Crippen LogP contribution in [-0.4, -0.2) is 27.0 Å². The molecule has 6 rings (SSSR count). The highest BCUT2D eigenvalue weighted by atomic mass is 16.1. The van der Waals surface area contributed by atoms with Gasteiger partial charge in [0, 0.05) is 30.6 Å². The topological polar surface area (TPSA) is 106 Å². The summed E-state index contributed by atoms with van der Waals surface area (Å²) in [5.74, 6) is -0.456. The van der Waals surface area contributed by atoms with Crippen LogP contribution in [0.5, 0.6) is 0 Å². The summed E-state index contributed by atoms with van der Waals surface area (Å²) in [4.78, 5) is 33.4. The van der Waals surface area contributed by atoms with Crippen LogP contribution in [0.4, 0.5) is 0 Å². The number of fused-ring (bicyclic) bond motifs is 4. The van der Waals surface area contributed by atoms with E-state index in [4.69, 9.17) is 5.73 Å². The number of para-hydroxylation sites is 1. The molecule has 3 aromatic carbocycles. The van der Waals surface area contributed by atoms with Crippen molar-refractivity contribution in [3.63, 3.8) is 0 Å². The summed E-state index contributed by atoms with van der Waals surface area (Å²) < 4.78 is 1.60. The summed E-state index contributed by atoms with van der Waals surface area (Å²) in [5.41, 5.74) is 13.5. The lowest BCUT2D eigenvalue weighted by Crippen LogP contribution is -2.23. The third-order valence-electron chi connectivity index (χ3n) is 6.79. The van der Waals surface area contributed by atoms with E-state index >= 15 is 0 Å². The lowest BCUT2D eigenvalue weighted by Gasteiger charge is -2.17. The quantitative estimate of drug-likeness (QED) is 0.391. The first-order valence-corrected chi connectivity index (χ1v) is 11.3. The van der Waals surface area contributed by atoms with Crippen LogP contribution >= 0.6 is 0 Å². The Labute approximate surface area is 195 Å². The first kappa shape index (κ1) is 20.4. The van der Waals surface area contributed by atoms with Gasteiger partial charge in [-0.1, -0.05) is 30.3 Å². The molecule has 4 N–H and O–H groups in total. The molecule has 0 bridgehead atoms. The van der Waals surface area contributed by atoms with Crippen molar-refractivity contribution in [1.29, 1.82) is 0 Å². The van der Waals surface area contributed by atoms with Gasteiger partial charge in [-0.25, -0.2) is 4.98 Å². The predicted octanol–water partition coefficient (Wildman–Crippen LogP) is 3.59. The second-order valence-electron chi connectivity index (χ2n) is 8.67. The molecule has 0 spiro atoms. The van der Waals surface area contributed by atoms with Crippen molar-refractivity contribution in [1.82, 2.24) is 19.9 Å². The molecule has 1 aliphatic heterocycles. The van der Waals surface area contributed by atoms with Crippen LogP contribution in [0.3, 0.4) is 0 Å². The van der Waals surface area contributed by atoms with Gasteiger partial charge in [-0.2, -0.15) is 0 Å². The fourth-order valence-electron chi connectivity index (χ4n) is 5.11. The summed E-state index contributed by atoms with van der Waals surface area (Å²) in [6, 6.07) is 17.0. The van der Waals surface area contributed by atoms with Gasteiger partial charge >= 0.3 is 0 Å². The predicted molar refractivity (Wildman–Crippen MR) is 133 cm³/mol. The number of amides is 1. The normalized spacial score (nSPS) is 13.3. The second-order valence-corrected chi connectivity index (χ2v) is 8.67. The number of hydrogen-bond acceptors (Lipinski definition) is 4. The number of aromatic amines is 1. The molecule has 0 unspecified atom stereocenters. The molecule has 168 valence electrons. The van der Waals surface area contributed by atoms with Crippen LogP contribution in [0.2, 0.25) is 0 Å². The van der Waals surface area contributed by atoms with Gasteiger partial charge in [-0.05, 0) is 53.4 Å². The smallest absolute Gasteiger partial charge is 0.265 e. The van der Waals surface area contributed by atoms with Crippen molar-refractivity contribution in [3.05, 3.63) is 93.7 Å². The average Bonchev–Trinajstić information content (AvgIpc) is 3.24. The number of aromatic nitrogens is 3. The van der Waals surface area contributed by atoms with Crippen LogP contribution in [0.15, 0.2) is 65.7 Å². The number of primary amides is 1. The number of hydrogen-bond donors (Lipinski definition) is 3. The zero-order chi connectivity index (χ0) is 23.4. The van der Waals surface area contributed by atoms with Crippen molar-refractivity contribution >= 4 is 27.7 Å². The molecule has 0 saturated carbocycles. The van der Waals surface area contributed by atoms with Crippen LogP contribution in [-0.2, 0) is 13.0 Å². The SMILES string of the molecule is Cc1c(-c2ccc(C(N)=O)c3[nH]c4c(c23)CNCC4)cccc1-n1cnc2ccccc2c1=O. The Bertz CT molecular complexity index is 1680. The van der Waals surface area contributed by atoms with E-state index in [1.54, 1.807) is 23.0 Å². The minimum absolute atomic E-state index is 0.108. The van der Waals surface area contributed by atoms with E-state index in [0.29, 0.717) is 16.5 Å². The molecule has 0 aliphatic carbocycles. The summed E-state index contributed by atoms with van der Waals surface area (Å²) in [6.45, 7) is 3.61. The van der Waals surface area contributed by atoms with Crippen molar-refractivity contribution in [2.45, 2.75) is 19.9 Å². The summed E-state index contributed by atoms with van der Waals surface area (Å²) in [7, 11) is 0. The molecule has 3 heterocycles. The summed E-state index contributed by atoms with van der Waals surface area (Å²) >= 11 is 0. The molecule has 7 heteroatoms. The van der Waals surface area contributed by atoms with Crippen molar-refractivity contribution < 1.29 is 4.79 Å². The number of nitrogens with two attached hydrogens (primary N) is 1. The Morgan fingerprint density at radius 3 is 2.76 bits per heavy atom. The average molecular weight is 450 g/mol. The minimum atomic E-state index is -0.456. The van der Waals surface area contributed by atoms with Gasteiger partial charge in [0.05, 0.1) is 27.7 Å². The molecule has 2 aromatic heterocycles. The Kier molecular flexibility index (Phi) is 4.60. The fraction of sp³-hybridized carbons (Fsp3) is 0.148. The third-order valence-corrected chi connectivity index (χ3v) is 6.79. The minimum Gasteiger partial charge on any atom is -0.366 e. The van der Waals surface area contributed by atoms with Gasteiger partial charge in [0.15, 0.2) is 0 Å². The van der Waals surface area contributed by atoms with Crippen LogP contribution in [0.1, 0.15) is 27.2 Å². The van der Waals surface area contributed by atoms with E-state index in [1.165, 1.54) is 0 Å². The lowest BCUT2D eigenvalue weighted by molar-refractivity contribution is 0.100. The van der Waals surface area contributed by atoms with E-state index in [0.717, 1.165) is 64.0 Å². The van der Waals surface area contributed by atoms with E-state index in [9.17, 15) is 9.59 Å². The maximum atomic E-state index is 13.3. The number of carbonyl (C=O) groups is 1. The first-order chi connectivity index (χ1) is 16.5. The number of carbonyl (C=O) groups excluding carboxylic acids is 1. The summed E-state index contributed by atoms with van der Waals surface area (Å²) in [6.07, 6.45) is 2.45. The number of H-pyrrole nitrogens is 1. The molecular weight excluding hydrogens is 426 g/mol. The molecule has 0 radical (unpaired) electrons. The Balaban J connectivity index is 1.61. The standard InChI is InChI=1S/C27H23N5O2/c1-15-16(6-4-8-23(15)32-14-30-21-7-3-2-5-18(21)27(32)34)17-9-10-19(26(28)33)25-24(17)20-13-29-12-11-22(20)31-25/h2-10,14,29,31H,11-13H2,1H3,(H2,28,33). The van der Waals surface area contributed by atoms with E-state index in [1.807, 2.05) is 49.4 Å². The Hall–Kier alpha value is -4.23. The highest BCUT2D eigenvalue weighted by Crippen LogP contribution is 2.38. The number of nitrogens with one attached hydrogen (secondary N) is 2. The highest BCUT2D eigenvalue weighted by molar-refractivity contribution is 6.11. The Morgan fingerprint density at radius 1 is 1.06 bits per heavy atom. The number of rotatable bonds is 3. The monoisotopic (exact) mass is 449 g/mol. The molecule has 1 amide bonds. The van der Waals surface area contributed by atoms with Gasteiger partial charge in [-0.15, -0.1) is 0 Å². The molecule has 0 atom stereocenters. The molecular formula is C27H23N5O2. The maximum Gasteiger partial charge on any atom is 0.265 e. The van der Waals surface area contributed by atoms with Crippen LogP contribution < -0.4 is 16.6 Å². The van der Waals surface area contributed by atoms with Crippen molar-refractivity contribution in [3.8, 4) is 16.8 Å². The zero-order valence-electron chi connectivity index (χ0n) is 18.7. The van der Waals surface area contributed by atoms with E-state index < -0.39 is 5.91 Å². The largest absolute Gasteiger partial charge is 0.366 e. The fourth-order valence-corrected chi connectivity index (χ4v) is 5.11. The van der Waals surface area contributed by atoms with Crippen molar-refractivity contribution in [2.24, 2.45) is 5.73 Å². The van der Waals surface area contributed by atoms with Gasteiger partial charge in [0.1, 0.15) is 6.33 Å². The molecule has 7 nitrogen and oxygen atoms in total. The van der Waals surface area contributed by atoms with E-state index in [-0.39, 0.29) is 5.56 Å². The van der Waals surface area contributed by atoms with Gasteiger partial charge in [-0.3, -0.25) is 14.2 Å². The maximum absolute atomic E-state index is 13.3. The Morgan fingerprint density at radius 2 is 1.91 bits per heavy atom. The number of benzene rings is 3. The lowest BCUT2D eigenvalue weighted by atomic mass is 9.92. The van der Waals surface area contributed by atoms with Crippen LogP contribution in [0.25, 0.3) is 38.6 Å². The second kappa shape index (κ2) is 7.67. The van der Waals surface area contributed by atoms with E-state index in [2.05, 4.69) is 15.3 Å². The molecule has 34 heavy (non-hydrogen) atoms. The first-order valence-electron chi connectivity index (χ1n) is 11.3. The summed E-state index contributed by atoms with van der Waals surface area (Å²) in [5, 5.41) is 5.01. The molecule has 5 aromatic rings. The highest BCUT2D eigenvalue weighted by Gasteiger charge is 2.23. The van der Waals surface area contributed by atoms with Crippen LogP contribution in [0, 0.1) is 6.92 Å². The molecule has 0 saturated heterocycles. The third kappa shape index (κ3) is 2.98.